The molecule has 1 aromatic heterocycles. The van der Waals surface area contributed by atoms with Gasteiger partial charge in [0, 0.05) is 13.0 Å². The van der Waals surface area contributed by atoms with Gasteiger partial charge in [-0.1, -0.05) is 30.4 Å². The molecule has 4 nitrogen and oxygen atoms in total. The van der Waals surface area contributed by atoms with E-state index in [-0.39, 0.29) is 0 Å². The first-order valence-electron chi connectivity index (χ1n) is 5.96. The van der Waals surface area contributed by atoms with Gasteiger partial charge in [-0.3, -0.25) is 0 Å². The van der Waals surface area contributed by atoms with Gasteiger partial charge in [-0.25, -0.2) is 0 Å². The van der Waals surface area contributed by atoms with Crippen LogP contribution in [0.25, 0.3) is 0 Å². The zero-order valence-electron chi connectivity index (χ0n) is 10.6. The summed E-state index contributed by atoms with van der Waals surface area (Å²) in [7, 11) is 1.67. The van der Waals surface area contributed by atoms with Crippen molar-refractivity contribution in [2.24, 2.45) is 0 Å². The summed E-state index contributed by atoms with van der Waals surface area (Å²) < 4.78 is 5.13. The van der Waals surface area contributed by atoms with Crippen LogP contribution >= 0.6 is 11.3 Å². The first-order valence-corrected chi connectivity index (χ1v) is 6.78. The number of hydrogen-bond acceptors (Lipinski definition) is 5. The molecule has 0 amide bonds. The van der Waals surface area contributed by atoms with Crippen LogP contribution in [0.5, 0.6) is 5.75 Å². The second kappa shape index (κ2) is 6.47. The first-order chi connectivity index (χ1) is 8.81. The number of ether oxygens (including phenoxy) is 1. The van der Waals surface area contributed by atoms with E-state index in [0.717, 1.165) is 35.3 Å². The highest BCUT2D eigenvalue weighted by Crippen LogP contribution is 2.17. The fourth-order valence-electron chi connectivity index (χ4n) is 1.58. The van der Waals surface area contributed by atoms with E-state index in [1.54, 1.807) is 18.4 Å². The molecule has 0 saturated heterocycles. The zero-order chi connectivity index (χ0) is 12.8. The molecule has 96 valence electrons. The summed E-state index contributed by atoms with van der Waals surface area (Å²) in [6.07, 6.45) is 0.827. The lowest BCUT2D eigenvalue weighted by atomic mass is 10.1. The van der Waals surface area contributed by atoms with Gasteiger partial charge in [-0.15, -0.1) is 10.2 Å². The van der Waals surface area contributed by atoms with E-state index < -0.39 is 0 Å². The van der Waals surface area contributed by atoms with Gasteiger partial charge in [-0.05, 0) is 24.2 Å². The van der Waals surface area contributed by atoms with Crippen molar-refractivity contribution in [2.75, 3.05) is 13.7 Å². The number of nitrogens with one attached hydrogen (secondary N) is 1. The van der Waals surface area contributed by atoms with Crippen LogP contribution in [-0.4, -0.2) is 23.9 Å². The Morgan fingerprint density at radius 3 is 2.56 bits per heavy atom. The maximum Gasteiger partial charge on any atom is 0.131 e. The lowest BCUT2D eigenvalue weighted by Crippen LogP contribution is -2.11. The number of benzene rings is 1. The molecule has 1 aromatic carbocycles. The predicted molar refractivity (Wildman–Crippen MR) is 73.1 cm³/mol. The van der Waals surface area contributed by atoms with E-state index in [2.05, 4.69) is 34.6 Å². The molecule has 1 N–H and O–H groups in total. The van der Waals surface area contributed by atoms with E-state index in [9.17, 15) is 0 Å². The lowest BCUT2D eigenvalue weighted by Gasteiger charge is -2.00. The Kier molecular flexibility index (Phi) is 4.66. The average Bonchev–Trinajstić information content (AvgIpc) is 2.85. The zero-order valence-corrected chi connectivity index (χ0v) is 11.5. The molecule has 0 bridgehead atoms. The first kappa shape index (κ1) is 13.0. The minimum Gasteiger partial charge on any atom is -0.497 e. The monoisotopic (exact) mass is 263 g/mol. The smallest absolute Gasteiger partial charge is 0.131 e. The van der Waals surface area contributed by atoms with Crippen LogP contribution in [0.1, 0.15) is 22.5 Å². The van der Waals surface area contributed by atoms with Crippen LogP contribution in [0.2, 0.25) is 0 Å². The lowest BCUT2D eigenvalue weighted by molar-refractivity contribution is 0.414. The summed E-state index contributed by atoms with van der Waals surface area (Å²) in [6, 6.07) is 8.06. The van der Waals surface area contributed by atoms with Gasteiger partial charge in [-0.2, -0.15) is 0 Å². The fraction of sp³-hybridized carbons (Fsp3) is 0.385. The molecule has 2 rings (SSSR count). The molecule has 0 unspecified atom stereocenters. The molecule has 0 radical (unpaired) electrons. The summed E-state index contributed by atoms with van der Waals surface area (Å²) in [5.74, 6) is 0.879. The summed E-state index contributed by atoms with van der Waals surface area (Å²) >= 11 is 1.66. The molecular formula is C13H17N3OS. The van der Waals surface area contributed by atoms with Gasteiger partial charge in [0.15, 0.2) is 0 Å². The van der Waals surface area contributed by atoms with Crippen LogP contribution in [0.15, 0.2) is 24.3 Å². The molecule has 1 heterocycles. The largest absolute Gasteiger partial charge is 0.497 e. The molecule has 2 aromatic rings. The van der Waals surface area contributed by atoms with Gasteiger partial charge in [0.2, 0.25) is 0 Å². The second-order valence-electron chi connectivity index (χ2n) is 3.89. The SMILES string of the molecule is CCNCc1nnc(Cc2ccc(OC)cc2)s1. The minimum absolute atomic E-state index is 0.802. The van der Waals surface area contributed by atoms with Gasteiger partial charge in [0.05, 0.1) is 7.11 Å². The molecule has 0 atom stereocenters. The molecule has 0 aliphatic heterocycles. The highest BCUT2D eigenvalue weighted by Gasteiger charge is 2.04. The summed E-state index contributed by atoms with van der Waals surface area (Å²) in [5, 5.41) is 13.7. The van der Waals surface area contributed by atoms with Crippen LogP contribution in [0, 0.1) is 0 Å². The Balaban J connectivity index is 1.97. The molecule has 0 saturated carbocycles. The topological polar surface area (TPSA) is 47.0 Å². The van der Waals surface area contributed by atoms with Crippen molar-refractivity contribution in [3.8, 4) is 5.75 Å². The van der Waals surface area contributed by atoms with E-state index in [1.807, 2.05) is 12.1 Å². The minimum atomic E-state index is 0.802. The predicted octanol–water partition coefficient (Wildman–Crippen LogP) is 2.25. The Bertz CT molecular complexity index is 481. The van der Waals surface area contributed by atoms with Crippen molar-refractivity contribution in [3.05, 3.63) is 39.8 Å². The summed E-state index contributed by atoms with van der Waals surface area (Å²) in [4.78, 5) is 0. The maximum absolute atomic E-state index is 5.13. The van der Waals surface area contributed by atoms with Gasteiger partial charge in [0.25, 0.3) is 0 Å². The molecule has 18 heavy (non-hydrogen) atoms. The number of rotatable bonds is 6. The summed E-state index contributed by atoms with van der Waals surface area (Å²) in [5.41, 5.74) is 1.22. The van der Waals surface area contributed by atoms with Gasteiger partial charge in [0.1, 0.15) is 15.8 Å². The van der Waals surface area contributed by atoms with Crippen molar-refractivity contribution in [1.29, 1.82) is 0 Å². The number of methoxy groups -OCH3 is 1. The third-order valence-electron chi connectivity index (χ3n) is 2.55. The average molecular weight is 263 g/mol. The Morgan fingerprint density at radius 2 is 1.89 bits per heavy atom. The van der Waals surface area contributed by atoms with Crippen LogP contribution in [-0.2, 0) is 13.0 Å². The van der Waals surface area contributed by atoms with Crippen molar-refractivity contribution < 1.29 is 4.74 Å². The standard InChI is InChI=1S/C13H17N3OS/c1-3-14-9-13-16-15-12(18-13)8-10-4-6-11(17-2)7-5-10/h4-7,14H,3,8-9H2,1-2H3. The highest BCUT2D eigenvalue weighted by molar-refractivity contribution is 7.11. The third kappa shape index (κ3) is 3.51. The number of aromatic nitrogens is 2. The second-order valence-corrected chi connectivity index (χ2v) is 5.04. The molecule has 5 heteroatoms. The maximum atomic E-state index is 5.13. The van der Waals surface area contributed by atoms with Crippen molar-refractivity contribution in [1.82, 2.24) is 15.5 Å². The Labute approximate surface area is 111 Å². The molecular weight excluding hydrogens is 246 g/mol. The molecule has 0 aliphatic carbocycles. The molecule has 0 spiro atoms. The third-order valence-corrected chi connectivity index (χ3v) is 3.47. The quantitative estimate of drug-likeness (QED) is 0.868. The van der Waals surface area contributed by atoms with E-state index in [0.29, 0.717) is 0 Å². The Hall–Kier alpha value is -1.46. The molecule has 0 fully saturated rings. The fourth-order valence-corrected chi connectivity index (χ4v) is 2.43. The normalized spacial score (nSPS) is 10.6. The highest BCUT2D eigenvalue weighted by atomic mass is 32.1. The van der Waals surface area contributed by atoms with Crippen LogP contribution in [0.4, 0.5) is 0 Å². The van der Waals surface area contributed by atoms with E-state index >= 15 is 0 Å². The summed E-state index contributed by atoms with van der Waals surface area (Å²) in [6.45, 7) is 3.84. The van der Waals surface area contributed by atoms with Crippen molar-refractivity contribution in [3.63, 3.8) is 0 Å². The van der Waals surface area contributed by atoms with E-state index in [1.165, 1.54) is 5.56 Å². The van der Waals surface area contributed by atoms with Crippen LogP contribution < -0.4 is 10.1 Å². The van der Waals surface area contributed by atoms with Gasteiger partial charge >= 0.3 is 0 Å². The number of hydrogen-bond donors (Lipinski definition) is 1. The van der Waals surface area contributed by atoms with Crippen molar-refractivity contribution in [2.45, 2.75) is 19.9 Å². The van der Waals surface area contributed by atoms with E-state index in [4.69, 9.17) is 4.74 Å². The Morgan fingerprint density at radius 1 is 1.17 bits per heavy atom. The number of nitrogens with zero attached hydrogens (tertiary/aromatic N) is 2. The van der Waals surface area contributed by atoms with Gasteiger partial charge < -0.3 is 10.1 Å². The van der Waals surface area contributed by atoms with Crippen LogP contribution in [0.3, 0.4) is 0 Å². The van der Waals surface area contributed by atoms with Crippen molar-refractivity contribution >= 4 is 11.3 Å². The molecule has 0 aliphatic rings.